The van der Waals surface area contributed by atoms with Gasteiger partial charge in [-0.2, -0.15) is 0 Å². The number of aliphatic hydroxyl groups excluding tert-OH is 1. The molecule has 1 saturated heterocycles. The first-order valence-corrected chi connectivity index (χ1v) is 8.98. The molecular weight excluding hydrogens is 335 g/mol. The molecule has 26 heavy (non-hydrogen) atoms. The summed E-state index contributed by atoms with van der Waals surface area (Å²) in [6.07, 6.45) is 4.85. The maximum Gasteiger partial charge on any atom is 0.260 e. The Hall–Kier alpha value is -2.34. The van der Waals surface area contributed by atoms with Crippen LogP contribution >= 0.6 is 0 Å². The summed E-state index contributed by atoms with van der Waals surface area (Å²) in [6.45, 7) is 3.17. The van der Waals surface area contributed by atoms with Crippen molar-refractivity contribution in [2.45, 2.75) is 32.4 Å². The average molecular weight is 360 g/mol. The number of ether oxygens (including phenoxy) is 1. The highest BCUT2D eigenvalue weighted by atomic mass is 19.1. The molecule has 1 aromatic rings. The SMILES string of the molecule is C[C@@H]1CC(NC2CCN(C(=O)COc3ccc(CO)cc3)C2)=CC=C1F. The lowest BCUT2D eigenvalue weighted by atomic mass is 9.98. The number of allylic oxidation sites excluding steroid dienone is 4. The van der Waals surface area contributed by atoms with E-state index < -0.39 is 0 Å². The summed E-state index contributed by atoms with van der Waals surface area (Å²) in [6, 6.07) is 7.22. The standard InChI is InChI=1S/C20H25FN2O3/c1-14-10-16(4-7-19(14)21)22-17-8-9-23(11-17)20(25)13-26-18-5-2-15(12-24)3-6-18/h2-7,14,17,22,24H,8-13H2,1H3/t14-,17?/m1/s1. The van der Waals surface area contributed by atoms with Gasteiger partial charge in [-0.1, -0.05) is 19.1 Å². The zero-order valence-electron chi connectivity index (χ0n) is 15.0. The van der Waals surface area contributed by atoms with E-state index in [-0.39, 0.29) is 36.9 Å². The van der Waals surface area contributed by atoms with Gasteiger partial charge in [0, 0.05) is 30.7 Å². The minimum atomic E-state index is -0.0905. The number of likely N-dealkylation sites (tertiary alicyclic amines) is 1. The number of aliphatic hydroxyl groups is 1. The molecule has 140 valence electrons. The second kappa shape index (κ2) is 8.36. The Kier molecular flexibility index (Phi) is 5.93. The Labute approximate surface area is 153 Å². The van der Waals surface area contributed by atoms with Crippen LogP contribution in [0.5, 0.6) is 5.75 Å². The Morgan fingerprint density at radius 2 is 2.12 bits per heavy atom. The lowest BCUT2D eigenvalue weighted by Crippen LogP contribution is -2.37. The molecule has 0 aromatic heterocycles. The molecule has 0 radical (unpaired) electrons. The maximum absolute atomic E-state index is 13.4. The molecule has 0 saturated carbocycles. The Balaban J connectivity index is 1.45. The molecule has 0 spiro atoms. The number of nitrogens with zero attached hydrogens (tertiary/aromatic N) is 1. The van der Waals surface area contributed by atoms with Gasteiger partial charge < -0.3 is 20.1 Å². The third-order valence-corrected chi connectivity index (χ3v) is 4.84. The van der Waals surface area contributed by atoms with Gasteiger partial charge >= 0.3 is 0 Å². The zero-order valence-corrected chi connectivity index (χ0v) is 15.0. The monoisotopic (exact) mass is 360 g/mol. The average Bonchev–Trinajstić information content (AvgIpc) is 3.12. The fourth-order valence-electron chi connectivity index (χ4n) is 3.24. The van der Waals surface area contributed by atoms with Gasteiger partial charge in [-0.05, 0) is 42.7 Å². The molecule has 2 N–H and O–H groups in total. The first kappa shape index (κ1) is 18.5. The van der Waals surface area contributed by atoms with Gasteiger partial charge in [0.15, 0.2) is 6.61 Å². The summed E-state index contributed by atoms with van der Waals surface area (Å²) in [5.74, 6) is 0.396. The highest BCUT2D eigenvalue weighted by molar-refractivity contribution is 5.78. The summed E-state index contributed by atoms with van der Waals surface area (Å²) in [7, 11) is 0. The molecule has 1 unspecified atom stereocenters. The number of halogens is 1. The fourth-order valence-corrected chi connectivity index (χ4v) is 3.24. The molecule has 3 rings (SSSR count). The van der Waals surface area contributed by atoms with Gasteiger partial charge in [0.2, 0.25) is 0 Å². The van der Waals surface area contributed by atoms with Crippen LogP contribution in [0.15, 0.2) is 47.9 Å². The van der Waals surface area contributed by atoms with Crippen molar-refractivity contribution < 1.29 is 19.0 Å². The van der Waals surface area contributed by atoms with Gasteiger partial charge in [-0.25, -0.2) is 4.39 Å². The van der Waals surface area contributed by atoms with E-state index >= 15 is 0 Å². The summed E-state index contributed by atoms with van der Waals surface area (Å²) in [4.78, 5) is 14.1. The van der Waals surface area contributed by atoms with Crippen molar-refractivity contribution >= 4 is 5.91 Å². The number of benzene rings is 1. The highest BCUT2D eigenvalue weighted by Crippen LogP contribution is 2.25. The number of hydrogen-bond donors (Lipinski definition) is 2. The molecule has 1 aliphatic heterocycles. The highest BCUT2D eigenvalue weighted by Gasteiger charge is 2.27. The number of nitrogens with one attached hydrogen (secondary N) is 1. The molecule has 1 amide bonds. The van der Waals surface area contributed by atoms with Crippen LogP contribution in [0, 0.1) is 5.92 Å². The molecule has 0 bridgehead atoms. The third kappa shape index (κ3) is 4.64. The quantitative estimate of drug-likeness (QED) is 0.818. The van der Waals surface area contributed by atoms with Gasteiger partial charge in [0.1, 0.15) is 11.6 Å². The van der Waals surface area contributed by atoms with E-state index in [0.717, 1.165) is 17.7 Å². The zero-order chi connectivity index (χ0) is 18.5. The summed E-state index contributed by atoms with van der Waals surface area (Å²) < 4.78 is 18.9. The van der Waals surface area contributed by atoms with Crippen molar-refractivity contribution in [2.24, 2.45) is 5.92 Å². The molecule has 2 aliphatic rings. The van der Waals surface area contributed by atoms with Crippen LogP contribution in [0.2, 0.25) is 0 Å². The third-order valence-electron chi connectivity index (χ3n) is 4.84. The predicted molar refractivity (Wildman–Crippen MR) is 97.0 cm³/mol. The molecule has 1 aromatic carbocycles. The number of hydrogen-bond acceptors (Lipinski definition) is 4. The van der Waals surface area contributed by atoms with Gasteiger partial charge in [0.05, 0.1) is 6.61 Å². The van der Waals surface area contributed by atoms with Crippen LogP contribution in [0.4, 0.5) is 4.39 Å². The van der Waals surface area contributed by atoms with Crippen molar-refractivity contribution in [1.82, 2.24) is 10.2 Å². The number of rotatable bonds is 6. The smallest absolute Gasteiger partial charge is 0.260 e. The number of amides is 1. The lowest BCUT2D eigenvalue weighted by molar-refractivity contribution is -0.132. The molecular formula is C20H25FN2O3. The van der Waals surface area contributed by atoms with Gasteiger partial charge in [0.25, 0.3) is 5.91 Å². The Morgan fingerprint density at radius 1 is 1.35 bits per heavy atom. The predicted octanol–water partition coefficient (Wildman–Crippen LogP) is 2.53. The van der Waals surface area contributed by atoms with Crippen LogP contribution in [-0.2, 0) is 11.4 Å². The summed E-state index contributed by atoms with van der Waals surface area (Å²) in [5.41, 5.74) is 1.83. The Morgan fingerprint density at radius 3 is 2.81 bits per heavy atom. The lowest BCUT2D eigenvalue weighted by Gasteiger charge is -2.22. The van der Waals surface area contributed by atoms with E-state index in [1.54, 1.807) is 35.2 Å². The van der Waals surface area contributed by atoms with Crippen LogP contribution in [0.25, 0.3) is 0 Å². The maximum atomic E-state index is 13.4. The van der Waals surface area contributed by atoms with E-state index in [0.29, 0.717) is 25.3 Å². The molecule has 1 aliphatic carbocycles. The first-order chi connectivity index (χ1) is 12.5. The van der Waals surface area contributed by atoms with Crippen LogP contribution in [0.1, 0.15) is 25.3 Å². The topological polar surface area (TPSA) is 61.8 Å². The largest absolute Gasteiger partial charge is 0.484 e. The number of carbonyl (C=O) groups is 1. The van der Waals surface area contributed by atoms with Crippen LogP contribution in [0.3, 0.4) is 0 Å². The molecule has 5 nitrogen and oxygen atoms in total. The summed E-state index contributed by atoms with van der Waals surface area (Å²) >= 11 is 0. The second-order valence-corrected chi connectivity index (χ2v) is 6.91. The van der Waals surface area contributed by atoms with E-state index in [2.05, 4.69) is 5.32 Å². The van der Waals surface area contributed by atoms with Crippen LogP contribution < -0.4 is 10.1 Å². The summed E-state index contributed by atoms with van der Waals surface area (Å²) in [5, 5.41) is 12.5. The van der Waals surface area contributed by atoms with Gasteiger partial charge in [-0.3, -0.25) is 4.79 Å². The van der Waals surface area contributed by atoms with Crippen molar-refractivity contribution in [1.29, 1.82) is 0 Å². The van der Waals surface area contributed by atoms with E-state index in [1.165, 1.54) is 6.08 Å². The van der Waals surface area contributed by atoms with Crippen molar-refractivity contribution in [2.75, 3.05) is 19.7 Å². The van der Waals surface area contributed by atoms with Crippen molar-refractivity contribution in [3.63, 3.8) is 0 Å². The molecule has 6 heteroatoms. The van der Waals surface area contributed by atoms with Crippen molar-refractivity contribution in [3.8, 4) is 5.75 Å². The second-order valence-electron chi connectivity index (χ2n) is 6.91. The normalized spacial score (nSPS) is 22.7. The first-order valence-electron chi connectivity index (χ1n) is 8.98. The fraction of sp³-hybridized carbons (Fsp3) is 0.450. The molecule has 1 fully saturated rings. The van der Waals surface area contributed by atoms with E-state index in [1.807, 2.05) is 6.92 Å². The molecule has 2 atom stereocenters. The van der Waals surface area contributed by atoms with E-state index in [4.69, 9.17) is 9.84 Å². The van der Waals surface area contributed by atoms with Crippen LogP contribution in [-0.4, -0.2) is 41.7 Å². The van der Waals surface area contributed by atoms with Gasteiger partial charge in [-0.15, -0.1) is 0 Å². The number of carbonyl (C=O) groups excluding carboxylic acids is 1. The minimum absolute atomic E-state index is 0.00112. The minimum Gasteiger partial charge on any atom is -0.484 e. The Bertz CT molecular complexity index is 700. The van der Waals surface area contributed by atoms with Crippen molar-refractivity contribution in [3.05, 3.63) is 53.5 Å². The molecule has 1 heterocycles. The van der Waals surface area contributed by atoms with E-state index in [9.17, 15) is 9.18 Å².